The number of carbonyl (C=O) groups excluding carboxylic acids is 2. The maximum absolute atomic E-state index is 12.2. The predicted octanol–water partition coefficient (Wildman–Crippen LogP) is 1.65. The molecule has 0 bridgehead atoms. The Bertz CT molecular complexity index is 573. The Morgan fingerprint density at radius 2 is 2.14 bits per heavy atom. The summed E-state index contributed by atoms with van der Waals surface area (Å²) in [6.07, 6.45) is 0.157. The predicted molar refractivity (Wildman–Crippen MR) is 78.8 cm³/mol. The van der Waals surface area contributed by atoms with E-state index in [0.717, 1.165) is 12.0 Å². The lowest BCUT2D eigenvalue weighted by Crippen LogP contribution is -2.77. The molecule has 1 aromatic carbocycles. The molecule has 2 aliphatic heterocycles. The van der Waals surface area contributed by atoms with E-state index in [1.54, 1.807) is 4.90 Å². The molecule has 6 nitrogen and oxygen atoms in total. The van der Waals surface area contributed by atoms with Crippen molar-refractivity contribution in [2.45, 2.75) is 44.7 Å². The molecule has 2 atom stereocenters. The summed E-state index contributed by atoms with van der Waals surface area (Å²) in [6, 6.07) is 8.90. The van der Waals surface area contributed by atoms with E-state index in [9.17, 15) is 9.59 Å². The SMILES string of the molecule is CC1(C)OCC[C@@H]2[C@@H](NC(=O)OCc3ccccc3)C(=O)N21. The summed E-state index contributed by atoms with van der Waals surface area (Å²) in [7, 11) is 0. The van der Waals surface area contributed by atoms with Crippen LogP contribution in [-0.2, 0) is 20.9 Å². The van der Waals surface area contributed by atoms with E-state index in [1.807, 2.05) is 44.2 Å². The first-order valence-electron chi connectivity index (χ1n) is 7.43. The van der Waals surface area contributed by atoms with Crippen LogP contribution in [-0.4, -0.2) is 41.3 Å². The van der Waals surface area contributed by atoms with Gasteiger partial charge in [-0.2, -0.15) is 0 Å². The first-order valence-corrected chi connectivity index (χ1v) is 7.43. The lowest BCUT2D eigenvalue weighted by atomic mass is 9.88. The van der Waals surface area contributed by atoms with E-state index < -0.39 is 17.9 Å². The normalized spacial score (nSPS) is 25.9. The van der Waals surface area contributed by atoms with Crippen LogP contribution in [0.3, 0.4) is 0 Å². The summed E-state index contributed by atoms with van der Waals surface area (Å²) in [5.41, 5.74) is 0.304. The molecule has 0 radical (unpaired) electrons. The number of nitrogens with zero attached hydrogens (tertiary/aromatic N) is 1. The first-order chi connectivity index (χ1) is 10.5. The van der Waals surface area contributed by atoms with Crippen molar-refractivity contribution >= 4 is 12.0 Å². The van der Waals surface area contributed by atoms with Crippen LogP contribution in [0, 0.1) is 0 Å². The van der Waals surface area contributed by atoms with E-state index in [0.29, 0.717) is 6.61 Å². The number of β-lactam (4-membered cyclic amide) rings is 1. The van der Waals surface area contributed by atoms with E-state index in [1.165, 1.54) is 0 Å². The highest BCUT2D eigenvalue weighted by molar-refractivity contribution is 5.93. The summed E-state index contributed by atoms with van der Waals surface area (Å²) in [6.45, 7) is 4.50. The van der Waals surface area contributed by atoms with Gasteiger partial charge in [-0.1, -0.05) is 30.3 Å². The Hall–Kier alpha value is -2.08. The van der Waals surface area contributed by atoms with E-state index >= 15 is 0 Å². The summed E-state index contributed by atoms with van der Waals surface area (Å²) < 4.78 is 10.8. The van der Waals surface area contributed by atoms with Gasteiger partial charge in [-0.05, 0) is 25.8 Å². The topological polar surface area (TPSA) is 67.9 Å². The molecule has 0 saturated carbocycles. The summed E-state index contributed by atoms with van der Waals surface area (Å²) in [4.78, 5) is 25.8. The minimum absolute atomic E-state index is 0.0134. The molecular formula is C16H20N2O4. The maximum atomic E-state index is 12.2. The van der Waals surface area contributed by atoms with Crippen LogP contribution in [0.4, 0.5) is 4.79 Å². The molecule has 2 aliphatic rings. The molecule has 2 fully saturated rings. The van der Waals surface area contributed by atoms with Crippen LogP contribution < -0.4 is 5.32 Å². The number of rotatable bonds is 3. The zero-order valence-corrected chi connectivity index (χ0v) is 12.7. The number of fused-ring (bicyclic) bond motifs is 1. The minimum atomic E-state index is -0.605. The van der Waals surface area contributed by atoms with Crippen LogP contribution in [0.5, 0.6) is 0 Å². The molecule has 0 unspecified atom stereocenters. The van der Waals surface area contributed by atoms with Gasteiger partial charge in [0.25, 0.3) is 0 Å². The van der Waals surface area contributed by atoms with Gasteiger partial charge < -0.3 is 19.7 Å². The Morgan fingerprint density at radius 1 is 1.41 bits per heavy atom. The average molecular weight is 304 g/mol. The van der Waals surface area contributed by atoms with Crippen LogP contribution >= 0.6 is 0 Å². The Balaban J connectivity index is 1.53. The van der Waals surface area contributed by atoms with Gasteiger partial charge in [-0.15, -0.1) is 0 Å². The van der Waals surface area contributed by atoms with E-state index in [-0.39, 0.29) is 18.6 Å². The molecule has 3 rings (SSSR count). The minimum Gasteiger partial charge on any atom is -0.445 e. The zero-order valence-electron chi connectivity index (χ0n) is 12.7. The average Bonchev–Trinajstić information content (AvgIpc) is 2.50. The van der Waals surface area contributed by atoms with Crippen LogP contribution in [0.25, 0.3) is 0 Å². The molecule has 22 heavy (non-hydrogen) atoms. The van der Waals surface area contributed by atoms with Gasteiger partial charge in [0.15, 0.2) is 0 Å². The number of hydrogen-bond acceptors (Lipinski definition) is 4. The molecule has 2 amide bonds. The number of amides is 2. The summed E-state index contributed by atoms with van der Waals surface area (Å²) >= 11 is 0. The molecule has 0 aromatic heterocycles. The number of carbonyl (C=O) groups is 2. The molecule has 1 aromatic rings. The molecule has 118 valence electrons. The highest BCUT2D eigenvalue weighted by Gasteiger charge is 2.56. The van der Waals surface area contributed by atoms with Crippen molar-refractivity contribution in [3.63, 3.8) is 0 Å². The number of ether oxygens (including phenoxy) is 2. The maximum Gasteiger partial charge on any atom is 0.408 e. The van der Waals surface area contributed by atoms with E-state index in [2.05, 4.69) is 5.32 Å². The summed E-state index contributed by atoms with van der Waals surface area (Å²) in [5.74, 6) is -0.119. The standard InChI is InChI=1S/C16H20N2O4/c1-16(2)18-12(8-9-22-16)13(14(18)19)17-15(20)21-10-11-6-4-3-5-7-11/h3-7,12-13H,8-10H2,1-2H3,(H,17,20)/t12-,13-/m1/s1. The molecule has 6 heteroatoms. The zero-order chi connectivity index (χ0) is 15.7. The summed E-state index contributed by atoms with van der Waals surface area (Å²) in [5, 5.41) is 2.67. The fourth-order valence-corrected chi connectivity index (χ4v) is 3.05. The molecule has 0 aliphatic carbocycles. The van der Waals surface area contributed by atoms with Crippen LogP contribution in [0.1, 0.15) is 25.8 Å². The third-order valence-electron chi connectivity index (χ3n) is 4.16. The third-order valence-corrected chi connectivity index (χ3v) is 4.16. The second kappa shape index (κ2) is 5.61. The monoisotopic (exact) mass is 304 g/mol. The second-order valence-electron chi connectivity index (χ2n) is 6.04. The van der Waals surface area contributed by atoms with Crippen molar-refractivity contribution in [3.05, 3.63) is 35.9 Å². The van der Waals surface area contributed by atoms with Crippen molar-refractivity contribution in [2.24, 2.45) is 0 Å². The molecule has 1 N–H and O–H groups in total. The smallest absolute Gasteiger partial charge is 0.408 e. The molecule has 2 heterocycles. The highest BCUT2D eigenvalue weighted by atomic mass is 16.5. The van der Waals surface area contributed by atoms with Gasteiger partial charge in [0.05, 0.1) is 12.6 Å². The van der Waals surface area contributed by atoms with Gasteiger partial charge in [0.2, 0.25) is 5.91 Å². The quantitative estimate of drug-likeness (QED) is 0.862. The lowest BCUT2D eigenvalue weighted by Gasteiger charge is -2.57. The van der Waals surface area contributed by atoms with Gasteiger partial charge in [-0.25, -0.2) is 4.79 Å². The van der Waals surface area contributed by atoms with Crippen molar-refractivity contribution in [3.8, 4) is 0 Å². The van der Waals surface area contributed by atoms with Crippen molar-refractivity contribution in [1.82, 2.24) is 10.2 Å². The van der Waals surface area contributed by atoms with Crippen LogP contribution in [0.15, 0.2) is 30.3 Å². The highest BCUT2D eigenvalue weighted by Crippen LogP contribution is 2.36. The molecular weight excluding hydrogens is 284 g/mol. The number of benzene rings is 1. The van der Waals surface area contributed by atoms with Gasteiger partial charge in [0.1, 0.15) is 18.4 Å². The fourth-order valence-electron chi connectivity index (χ4n) is 3.05. The first kappa shape index (κ1) is 14.8. The number of nitrogens with one attached hydrogen (secondary N) is 1. The second-order valence-corrected chi connectivity index (χ2v) is 6.04. The van der Waals surface area contributed by atoms with Gasteiger partial charge in [-0.3, -0.25) is 4.79 Å². The largest absolute Gasteiger partial charge is 0.445 e. The Kier molecular flexibility index (Phi) is 3.78. The van der Waals surface area contributed by atoms with Crippen LogP contribution in [0.2, 0.25) is 0 Å². The van der Waals surface area contributed by atoms with Crippen molar-refractivity contribution < 1.29 is 19.1 Å². The lowest BCUT2D eigenvalue weighted by molar-refractivity contribution is -0.225. The van der Waals surface area contributed by atoms with Crippen molar-refractivity contribution in [2.75, 3.05) is 6.61 Å². The van der Waals surface area contributed by atoms with E-state index in [4.69, 9.17) is 9.47 Å². The number of hydrogen-bond donors (Lipinski definition) is 1. The van der Waals surface area contributed by atoms with Gasteiger partial charge in [0, 0.05) is 0 Å². The van der Waals surface area contributed by atoms with Gasteiger partial charge >= 0.3 is 6.09 Å². The van der Waals surface area contributed by atoms with Crippen molar-refractivity contribution in [1.29, 1.82) is 0 Å². The molecule has 0 spiro atoms. The number of alkyl carbamates (subject to hydrolysis) is 1. The molecule has 2 saturated heterocycles. The Labute approximate surface area is 129 Å². The Morgan fingerprint density at radius 3 is 2.86 bits per heavy atom. The fraction of sp³-hybridized carbons (Fsp3) is 0.500. The third kappa shape index (κ3) is 2.66.